The number of aromatic nitrogens is 1. The van der Waals surface area contributed by atoms with Crippen molar-refractivity contribution in [1.82, 2.24) is 5.16 Å². The van der Waals surface area contributed by atoms with Gasteiger partial charge >= 0.3 is 0 Å². The predicted octanol–water partition coefficient (Wildman–Crippen LogP) is 2.42. The van der Waals surface area contributed by atoms with Crippen LogP contribution in [0, 0.1) is 0 Å². The summed E-state index contributed by atoms with van der Waals surface area (Å²) in [6.07, 6.45) is 6.10. The van der Waals surface area contributed by atoms with Crippen molar-refractivity contribution in [2.75, 3.05) is 13.2 Å². The molecular weight excluding hydrogens is 166 g/mol. The van der Waals surface area contributed by atoms with Gasteiger partial charge in [-0.25, -0.2) is 0 Å². The average molecular weight is 183 g/mol. The van der Waals surface area contributed by atoms with Crippen LogP contribution in [-0.4, -0.2) is 18.4 Å². The van der Waals surface area contributed by atoms with Gasteiger partial charge in [0.1, 0.15) is 6.26 Å². The third kappa shape index (κ3) is 4.68. The Morgan fingerprint density at radius 1 is 1.38 bits per heavy atom. The van der Waals surface area contributed by atoms with E-state index in [2.05, 4.69) is 12.1 Å². The third-order valence-corrected chi connectivity index (χ3v) is 1.89. The molecule has 0 bridgehead atoms. The normalized spacial score (nSPS) is 10.5. The van der Waals surface area contributed by atoms with Crippen molar-refractivity contribution in [1.29, 1.82) is 0 Å². The molecule has 0 amide bonds. The van der Waals surface area contributed by atoms with Gasteiger partial charge in [0, 0.05) is 19.1 Å². The highest BCUT2D eigenvalue weighted by Crippen LogP contribution is 1.98. The molecule has 0 aliphatic heterocycles. The van der Waals surface area contributed by atoms with E-state index in [1.807, 2.05) is 6.07 Å². The molecule has 1 aromatic heterocycles. The van der Waals surface area contributed by atoms with Gasteiger partial charge in [0.15, 0.2) is 0 Å². The Morgan fingerprint density at radius 2 is 2.31 bits per heavy atom. The van der Waals surface area contributed by atoms with Crippen LogP contribution in [0.2, 0.25) is 0 Å². The molecule has 0 N–H and O–H groups in total. The van der Waals surface area contributed by atoms with E-state index in [0.717, 1.165) is 31.7 Å². The zero-order valence-electron chi connectivity index (χ0n) is 8.16. The number of ether oxygens (including phenoxy) is 1. The molecule has 1 aromatic rings. The fourth-order valence-corrected chi connectivity index (χ4v) is 1.10. The summed E-state index contributed by atoms with van der Waals surface area (Å²) in [5, 5.41) is 3.80. The molecule has 0 saturated carbocycles. The fourth-order valence-electron chi connectivity index (χ4n) is 1.10. The number of hydrogen-bond donors (Lipinski definition) is 0. The molecule has 0 radical (unpaired) electrons. The molecule has 0 unspecified atom stereocenters. The van der Waals surface area contributed by atoms with Gasteiger partial charge in [-0.05, 0) is 6.42 Å². The van der Waals surface area contributed by atoms with Crippen LogP contribution in [0.25, 0.3) is 0 Å². The van der Waals surface area contributed by atoms with Gasteiger partial charge in [-0.1, -0.05) is 24.9 Å². The van der Waals surface area contributed by atoms with Crippen molar-refractivity contribution < 1.29 is 9.26 Å². The second kappa shape index (κ2) is 6.66. The largest absolute Gasteiger partial charge is 0.381 e. The van der Waals surface area contributed by atoms with Crippen LogP contribution >= 0.6 is 0 Å². The van der Waals surface area contributed by atoms with Crippen LogP contribution in [0.15, 0.2) is 16.9 Å². The molecule has 0 aliphatic carbocycles. The van der Waals surface area contributed by atoms with E-state index in [0.29, 0.717) is 0 Å². The summed E-state index contributed by atoms with van der Waals surface area (Å²) in [4.78, 5) is 0. The molecule has 74 valence electrons. The van der Waals surface area contributed by atoms with E-state index in [4.69, 9.17) is 9.26 Å². The van der Waals surface area contributed by atoms with Crippen molar-refractivity contribution in [2.45, 2.75) is 32.6 Å². The lowest BCUT2D eigenvalue weighted by Crippen LogP contribution is -2.00. The van der Waals surface area contributed by atoms with E-state index in [9.17, 15) is 0 Å². The van der Waals surface area contributed by atoms with Gasteiger partial charge in [-0.15, -0.1) is 0 Å². The Hall–Kier alpha value is -0.830. The van der Waals surface area contributed by atoms with Gasteiger partial charge in [-0.3, -0.25) is 0 Å². The van der Waals surface area contributed by atoms with Crippen LogP contribution in [0.1, 0.15) is 31.9 Å². The summed E-state index contributed by atoms with van der Waals surface area (Å²) >= 11 is 0. The highest BCUT2D eigenvalue weighted by Gasteiger charge is 1.95. The molecule has 0 aromatic carbocycles. The number of hydrogen-bond acceptors (Lipinski definition) is 3. The molecule has 0 aliphatic rings. The zero-order chi connectivity index (χ0) is 9.36. The van der Waals surface area contributed by atoms with Crippen molar-refractivity contribution in [3.63, 3.8) is 0 Å². The summed E-state index contributed by atoms with van der Waals surface area (Å²) in [6.45, 7) is 3.80. The van der Waals surface area contributed by atoms with Crippen LogP contribution < -0.4 is 0 Å². The molecule has 13 heavy (non-hydrogen) atoms. The molecule has 0 saturated heterocycles. The van der Waals surface area contributed by atoms with E-state index in [1.165, 1.54) is 12.8 Å². The van der Waals surface area contributed by atoms with E-state index >= 15 is 0 Å². The SMILES string of the molecule is CCCCCOCCc1ccon1. The lowest BCUT2D eigenvalue weighted by molar-refractivity contribution is 0.132. The highest BCUT2D eigenvalue weighted by molar-refractivity contribution is 4.94. The smallest absolute Gasteiger partial charge is 0.124 e. The summed E-state index contributed by atoms with van der Waals surface area (Å²) in [5.41, 5.74) is 0.968. The van der Waals surface area contributed by atoms with Crippen LogP contribution in [0.5, 0.6) is 0 Å². The standard InChI is InChI=1S/C10H17NO2/c1-2-3-4-7-12-8-5-10-6-9-13-11-10/h6,9H,2-5,7-8H2,1H3. The summed E-state index contributed by atoms with van der Waals surface area (Å²) < 4.78 is 10.1. The summed E-state index contributed by atoms with van der Waals surface area (Å²) in [5.74, 6) is 0. The van der Waals surface area contributed by atoms with E-state index < -0.39 is 0 Å². The number of rotatable bonds is 7. The first kappa shape index (κ1) is 10.3. The van der Waals surface area contributed by atoms with Gasteiger partial charge in [-0.2, -0.15) is 0 Å². The molecular formula is C10H17NO2. The fraction of sp³-hybridized carbons (Fsp3) is 0.700. The molecule has 0 spiro atoms. The van der Waals surface area contributed by atoms with Crippen LogP contribution in [-0.2, 0) is 11.2 Å². The lowest BCUT2D eigenvalue weighted by Gasteiger charge is -2.00. The maximum absolute atomic E-state index is 5.43. The predicted molar refractivity (Wildman–Crippen MR) is 50.6 cm³/mol. The minimum absolute atomic E-state index is 0.746. The van der Waals surface area contributed by atoms with E-state index in [1.54, 1.807) is 6.26 Å². The first-order valence-electron chi connectivity index (χ1n) is 4.90. The van der Waals surface area contributed by atoms with Crippen molar-refractivity contribution in [3.8, 4) is 0 Å². The van der Waals surface area contributed by atoms with Gasteiger partial charge in [0.2, 0.25) is 0 Å². The first-order chi connectivity index (χ1) is 6.43. The molecule has 0 fully saturated rings. The van der Waals surface area contributed by atoms with Crippen LogP contribution in [0.3, 0.4) is 0 Å². The minimum atomic E-state index is 0.746. The number of nitrogens with zero attached hydrogens (tertiary/aromatic N) is 1. The third-order valence-electron chi connectivity index (χ3n) is 1.89. The maximum atomic E-state index is 5.43. The number of unbranched alkanes of at least 4 members (excludes halogenated alkanes) is 2. The molecule has 3 nitrogen and oxygen atoms in total. The quantitative estimate of drug-likeness (QED) is 0.609. The molecule has 1 heterocycles. The minimum Gasteiger partial charge on any atom is -0.381 e. The van der Waals surface area contributed by atoms with Gasteiger partial charge in [0.25, 0.3) is 0 Å². The topological polar surface area (TPSA) is 35.3 Å². The Bertz CT molecular complexity index is 197. The molecule has 1 rings (SSSR count). The maximum Gasteiger partial charge on any atom is 0.124 e. The van der Waals surface area contributed by atoms with Gasteiger partial charge < -0.3 is 9.26 Å². The second-order valence-corrected chi connectivity index (χ2v) is 3.06. The average Bonchev–Trinajstić information content (AvgIpc) is 2.63. The van der Waals surface area contributed by atoms with Crippen molar-refractivity contribution >= 4 is 0 Å². The first-order valence-corrected chi connectivity index (χ1v) is 4.90. The second-order valence-electron chi connectivity index (χ2n) is 3.06. The monoisotopic (exact) mass is 183 g/mol. The Kier molecular flexibility index (Phi) is 5.25. The van der Waals surface area contributed by atoms with Gasteiger partial charge in [0.05, 0.1) is 12.3 Å². The van der Waals surface area contributed by atoms with Crippen molar-refractivity contribution in [3.05, 3.63) is 18.0 Å². The molecule has 0 atom stereocenters. The Morgan fingerprint density at radius 3 is 3.00 bits per heavy atom. The lowest BCUT2D eigenvalue weighted by atomic mass is 10.3. The summed E-state index contributed by atoms with van der Waals surface area (Å²) in [7, 11) is 0. The summed E-state index contributed by atoms with van der Waals surface area (Å²) in [6, 6.07) is 1.87. The van der Waals surface area contributed by atoms with Crippen LogP contribution in [0.4, 0.5) is 0 Å². The highest BCUT2D eigenvalue weighted by atomic mass is 16.5. The van der Waals surface area contributed by atoms with E-state index in [-0.39, 0.29) is 0 Å². The Labute approximate surface area is 79.1 Å². The van der Waals surface area contributed by atoms with Crippen molar-refractivity contribution in [2.24, 2.45) is 0 Å². The molecule has 3 heteroatoms. The zero-order valence-corrected chi connectivity index (χ0v) is 8.16. The Balaban J connectivity index is 1.90.